The SMILES string of the molecule is CNN(CCSc1nonc1C1=NOC(=C=O)N1c1ccc(F)c(Br)c1)S(=O)[O-]. The number of carbonyl (C=O) groups excluding carboxylic acids is 1. The van der Waals surface area contributed by atoms with Crippen LogP contribution in [-0.4, -0.2) is 54.6 Å². The number of halogens is 2. The quantitative estimate of drug-likeness (QED) is 0.241. The van der Waals surface area contributed by atoms with Crippen molar-refractivity contribution in [3.8, 4) is 0 Å². The number of aromatic nitrogens is 2. The van der Waals surface area contributed by atoms with E-state index >= 15 is 0 Å². The lowest BCUT2D eigenvalue weighted by molar-refractivity contribution is 0.248. The molecule has 11 nitrogen and oxygen atoms in total. The molecule has 0 bridgehead atoms. The van der Waals surface area contributed by atoms with Crippen molar-refractivity contribution in [2.45, 2.75) is 5.03 Å². The first-order valence-electron chi connectivity index (χ1n) is 7.71. The van der Waals surface area contributed by atoms with Gasteiger partial charge in [0.15, 0.2) is 16.7 Å². The maximum absolute atomic E-state index is 13.6. The molecule has 1 atom stereocenters. The van der Waals surface area contributed by atoms with Gasteiger partial charge >= 0.3 is 5.88 Å². The van der Waals surface area contributed by atoms with Crippen LogP contribution in [-0.2, 0) is 20.9 Å². The second-order valence-electron chi connectivity index (χ2n) is 5.16. The van der Waals surface area contributed by atoms with E-state index < -0.39 is 17.1 Å². The first-order valence-corrected chi connectivity index (χ1v) is 10.5. The van der Waals surface area contributed by atoms with Gasteiger partial charge in [-0.1, -0.05) is 16.9 Å². The van der Waals surface area contributed by atoms with Gasteiger partial charge in [0.2, 0.25) is 5.84 Å². The van der Waals surface area contributed by atoms with Crippen LogP contribution in [0.2, 0.25) is 0 Å². The molecule has 0 saturated carbocycles. The third-order valence-electron chi connectivity index (χ3n) is 3.51. The summed E-state index contributed by atoms with van der Waals surface area (Å²) in [7, 11) is 1.47. The Hall–Kier alpha value is -2.13. The molecule has 0 spiro atoms. The number of oxime groups is 1. The second kappa shape index (κ2) is 9.58. The van der Waals surface area contributed by atoms with E-state index in [2.05, 4.69) is 36.8 Å². The van der Waals surface area contributed by atoms with Gasteiger partial charge in [-0.05, 0) is 51.5 Å². The number of thioether (sulfide) groups is 1. The molecule has 2 heterocycles. The second-order valence-corrected chi connectivity index (χ2v) is 7.97. The Bertz CT molecular complexity index is 1010. The minimum Gasteiger partial charge on any atom is -0.759 e. The van der Waals surface area contributed by atoms with E-state index in [0.717, 1.165) is 16.2 Å². The average Bonchev–Trinajstić information content (AvgIpc) is 3.33. The van der Waals surface area contributed by atoms with Gasteiger partial charge in [0.1, 0.15) is 5.82 Å². The largest absolute Gasteiger partial charge is 0.759 e. The molecule has 0 aliphatic carbocycles. The van der Waals surface area contributed by atoms with Crippen molar-refractivity contribution in [2.24, 2.45) is 5.16 Å². The molecule has 1 N–H and O–H groups in total. The summed E-state index contributed by atoms with van der Waals surface area (Å²) in [5.74, 6) is 1.22. The molecule has 29 heavy (non-hydrogen) atoms. The third kappa shape index (κ3) is 4.72. The number of anilines is 1. The predicted molar refractivity (Wildman–Crippen MR) is 103 cm³/mol. The van der Waals surface area contributed by atoms with Crippen LogP contribution >= 0.6 is 27.7 Å². The molecule has 1 aliphatic heterocycles. The van der Waals surface area contributed by atoms with Gasteiger partial charge in [-0.15, -0.1) is 0 Å². The molecular formula is C14H11BrFN6O5S2-. The fraction of sp³-hybridized carbons (Fsp3) is 0.214. The van der Waals surface area contributed by atoms with E-state index in [-0.39, 0.29) is 28.4 Å². The first kappa shape index (κ1) is 21.6. The summed E-state index contributed by atoms with van der Waals surface area (Å²) in [5.41, 5.74) is 3.03. The minimum absolute atomic E-state index is 0.0727. The highest BCUT2D eigenvalue weighted by Gasteiger charge is 2.34. The minimum atomic E-state index is -2.43. The molecule has 15 heteroatoms. The van der Waals surface area contributed by atoms with Gasteiger partial charge < -0.3 is 9.39 Å². The molecule has 0 saturated heterocycles. The van der Waals surface area contributed by atoms with Crippen LogP contribution in [0.15, 0.2) is 43.4 Å². The molecule has 0 fully saturated rings. The summed E-state index contributed by atoms with van der Waals surface area (Å²) >= 11 is 1.80. The number of benzene rings is 1. The zero-order valence-corrected chi connectivity index (χ0v) is 17.7. The number of hydrogen-bond donors (Lipinski definition) is 1. The molecule has 2 aromatic rings. The maximum Gasteiger partial charge on any atom is 0.320 e. The van der Waals surface area contributed by atoms with E-state index in [1.54, 1.807) is 5.94 Å². The highest BCUT2D eigenvalue weighted by molar-refractivity contribution is 9.10. The molecule has 1 aromatic carbocycles. The lowest BCUT2D eigenvalue weighted by atomic mass is 10.2. The standard InChI is InChI=1S/C14H12BrFN6O5S2/c1-17-21(29(24)25)4-5-28-14-12(18-27-20-14)13-19-26-11(7-23)22(13)8-2-3-10(16)9(15)6-8/h2-3,6,17H,4-5H2,1H3,(H,24,25)/p-1. The average molecular weight is 506 g/mol. The van der Waals surface area contributed by atoms with Crippen LogP contribution < -0.4 is 10.3 Å². The summed E-state index contributed by atoms with van der Waals surface area (Å²) in [6.45, 7) is 0.140. The number of amidine groups is 1. The van der Waals surface area contributed by atoms with E-state index in [1.165, 1.54) is 30.1 Å². The van der Waals surface area contributed by atoms with Crippen molar-refractivity contribution in [3.05, 3.63) is 40.1 Å². The monoisotopic (exact) mass is 505 g/mol. The van der Waals surface area contributed by atoms with Crippen molar-refractivity contribution in [1.82, 2.24) is 20.2 Å². The Morgan fingerprint density at radius 2 is 2.28 bits per heavy atom. The smallest absolute Gasteiger partial charge is 0.320 e. The predicted octanol–water partition coefficient (Wildman–Crippen LogP) is 1.17. The van der Waals surface area contributed by atoms with E-state index in [4.69, 9.17) is 9.47 Å². The van der Waals surface area contributed by atoms with Crippen LogP contribution in [0.1, 0.15) is 5.69 Å². The molecule has 3 rings (SSSR count). The fourth-order valence-corrected chi connectivity index (χ4v) is 3.93. The highest BCUT2D eigenvalue weighted by atomic mass is 79.9. The molecule has 1 aromatic heterocycles. The Morgan fingerprint density at radius 3 is 2.93 bits per heavy atom. The highest BCUT2D eigenvalue weighted by Crippen LogP contribution is 2.32. The fourth-order valence-electron chi connectivity index (χ4n) is 2.24. The van der Waals surface area contributed by atoms with Gasteiger partial charge in [0, 0.05) is 23.6 Å². The van der Waals surface area contributed by atoms with Crippen LogP contribution in [0.25, 0.3) is 0 Å². The Morgan fingerprint density at radius 1 is 1.48 bits per heavy atom. The van der Waals surface area contributed by atoms with Crippen molar-refractivity contribution < 1.29 is 27.4 Å². The zero-order valence-electron chi connectivity index (χ0n) is 14.5. The number of rotatable bonds is 8. The summed E-state index contributed by atoms with van der Waals surface area (Å²) in [5, 5.41) is 11.7. The summed E-state index contributed by atoms with van der Waals surface area (Å²) in [4.78, 5) is 17.5. The normalized spacial score (nSPS) is 14.7. The summed E-state index contributed by atoms with van der Waals surface area (Å²) in [6.07, 6.45) is 0. The maximum atomic E-state index is 13.6. The van der Waals surface area contributed by atoms with Crippen LogP contribution in [0.3, 0.4) is 0 Å². The molecule has 0 amide bonds. The van der Waals surface area contributed by atoms with Crippen LogP contribution in [0.5, 0.6) is 0 Å². The molecule has 1 unspecified atom stereocenters. The topological polar surface area (TPSA) is 136 Å². The van der Waals surface area contributed by atoms with Crippen molar-refractivity contribution in [2.75, 3.05) is 24.2 Å². The van der Waals surface area contributed by atoms with Gasteiger partial charge in [0.25, 0.3) is 0 Å². The number of hydrogen-bond acceptors (Lipinski definition) is 11. The zero-order chi connectivity index (χ0) is 21.0. The van der Waals surface area contributed by atoms with Gasteiger partial charge in [0.05, 0.1) is 10.2 Å². The van der Waals surface area contributed by atoms with Gasteiger partial charge in [-0.25, -0.2) is 24.1 Å². The Labute approximate surface area is 178 Å². The number of nitrogens with zero attached hydrogens (tertiary/aromatic N) is 5. The van der Waals surface area contributed by atoms with E-state index in [9.17, 15) is 17.9 Å². The Balaban J connectivity index is 1.84. The molecular weight excluding hydrogens is 495 g/mol. The van der Waals surface area contributed by atoms with E-state index in [1.807, 2.05) is 0 Å². The molecule has 0 radical (unpaired) electrons. The third-order valence-corrected chi connectivity index (χ3v) is 5.78. The van der Waals surface area contributed by atoms with Crippen molar-refractivity contribution >= 4 is 56.4 Å². The lowest BCUT2D eigenvalue weighted by Gasteiger charge is -2.22. The molecule has 154 valence electrons. The van der Waals surface area contributed by atoms with Crippen LogP contribution in [0.4, 0.5) is 10.1 Å². The van der Waals surface area contributed by atoms with E-state index in [0.29, 0.717) is 16.5 Å². The number of nitrogens with one attached hydrogen (secondary N) is 1. The Kier molecular flexibility index (Phi) is 7.13. The van der Waals surface area contributed by atoms with Gasteiger partial charge in [-0.2, -0.15) is 4.41 Å². The van der Waals surface area contributed by atoms with Crippen molar-refractivity contribution in [1.29, 1.82) is 0 Å². The molecule has 1 aliphatic rings. The number of hydrazine groups is 1. The van der Waals surface area contributed by atoms with Crippen molar-refractivity contribution in [3.63, 3.8) is 0 Å². The summed E-state index contributed by atoms with van der Waals surface area (Å²) < 4.78 is 41.5. The summed E-state index contributed by atoms with van der Waals surface area (Å²) in [6, 6.07) is 4.03. The van der Waals surface area contributed by atoms with Gasteiger partial charge in [-0.3, -0.25) is 4.21 Å². The lowest BCUT2D eigenvalue weighted by Crippen LogP contribution is -2.38. The first-order chi connectivity index (χ1) is 14.0. The van der Waals surface area contributed by atoms with Crippen LogP contribution in [0, 0.1) is 5.82 Å².